The Labute approximate surface area is 222 Å². The summed E-state index contributed by atoms with van der Waals surface area (Å²) >= 11 is 5.82. The number of nitrogens with zero attached hydrogens (tertiary/aromatic N) is 1. The lowest BCUT2D eigenvalue weighted by atomic mass is 10.1. The summed E-state index contributed by atoms with van der Waals surface area (Å²) in [6.45, 7) is 6.57. The van der Waals surface area contributed by atoms with E-state index in [0.29, 0.717) is 40.4 Å². The van der Waals surface area contributed by atoms with Crippen LogP contribution in [0.5, 0.6) is 11.5 Å². The van der Waals surface area contributed by atoms with Crippen molar-refractivity contribution in [1.82, 2.24) is 0 Å². The van der Waals surface area contributed by atoms with Crippen molar-refractivity contribution in [2.24, 2.45) is 0 Å². The third kappa shape index (κ3) is 6.84. The standard InChI is InChI=1S/C27H24BrIN2O3/c1-4-33-25-14-20(13-23(28)26(25)34-16-19-7-9-22(29)10-8-19)12-21(15-30)27(32)31-24-11-17(2)5-6-18(24)3/h5-14H,4,16H2,1-3H3,(H,31,32)/b21-12+. The summed E-state index contributed by atoms with van der Waals surface area (Å²) in [5.41, 5.74) is 4.30. The van der Waals surface area contributed by atoms with Crippen molar-refractivity contribution in [3.8, 4) is 17.6 Å². The number of halogens is 2. The van der Waals surface area contributed by atoms with Crippen LogP contribution in [0, 0.1) is 28.7 Å². The van der Waals surface area contributed by atoms with Crippen molar-refractivity contribution in [2.45, 2.75) is 27.4 Å². The lowest BCUT2D eigenvalue weighted by molar-refractivity contribution is -0.112. The smallest absolute Gasteiger partial charge is 0.266 e. The monoisotopic (exact) mass is 630 g/mol. The minimum Gasteiger partial charge on any atom is -0.490 e. The molecule has 0 aliphatic rings. The van der Waals surface area contributed by atoms with E-state index in [2.05, 4.69) is 43.8 Å². The van der Waals surface area contributed by atoms with E-state index in [1.165, 1.54) is 6.08 Å². The zero-order valence-corrected chi connectivity index (χ0v) is 22.9. The third-order valence-electron chi connectivity index (χ3n) is 4.95. The van der Waals surface area contributed by atoms with Crippen LogP contribution in [0.15, 0.2) is 64.6 Å². The number of hydrogen-bond donors (Lipinski definition) is 1. The SMILES string of the molecule is CCOc1cc(/C=C(\C#N)C(=O)Nc2cc(C)ccc2C)cc(Br)c1OCc1ccc(I)cc1. The number of amides is 1. The van der Waals surface area contributed by atoms with Crippen LogP contribution in [0.1, 0.15) is 29.2 Å². The molecule has 3 aromatic carbocycles. The summed E-state index contributed by atoms with van der Waals surface area (Å²) in [6, 6.07) is 19.4. The lowest BCUT2D eigenvalue weighted by Gasteiger charge is -2.15. The van der Waals surface area contributed by atoms with Crippen LogP contribution in [-0.2, 0) is 11.4 Å². The Bertz CT molecular complexity index is 1260. The first-order valence-electron chi connectivity index (χ1n) is 10.6. The van der Waals surface area contributed by atoms with Crippen LogP contribution in [0.3, 0.4) is 0 Å². The number of aryl methyl sites for hydroxylation is 2. The molecule has 0 fully saturated rings. The van der Waals surface area contributed by atoms with Gasteiger partial charge in [0.1, 0.15) is 18.2 Å². The molecule has 0 atom stereocenters. The molecule has 34 heavy (non-hydrogen) atoms. The zero-order valence-electron chi connectivity index (χ0n) is 19.1. The van der Waals surface area contributed by atoms with Gasteiger partial charge in [0.2, 0.25) is 0 Å². The van der Waals surface area contributed by atoms with Gasteiger partial charge in [0.05, 0.1) is 11.1 Å². The summed E-state index contributed by atoms with van der Waals surface area (Å²) in [6.07, 6.45) is 1.54. The first-order chi connectivity index (χ1) is 16.3. The summed E-state index contributed by atoms with van der Waals surface area (Å²) < 4.78 is 13.7. The molecule has 0 spiro atoms. The number of nitrogens with one attached hydrogen (secondary N) is 1. The second kappa shape index (κ2) is 12.0. The van der Waals surface area contributed by atoms with Gasteiger partial charge in [0, 0.05) is 9.26 Å². The van der Waals surface area contributed by atoms with Crippen LogP contribution in [0.2, 0.25) is 0 Å². The van der Waals surface area contributed by atoms with Crippen LogP contribution < -0.4 is 14.8 Å². The maximum atomic E-state index is 12.8. The normalized spacial score (nSPS) is 11.0. The number of hydrogen-bond acceptors (Lipinski definition) is 4. The van der Waals surface area contributed by atoms with E-state index in [1.807, 2.05) is 69.3 Å². The van der Waals surface area contributed by atoms with E-state index in [-0.39, 0.29) is 5.57 Å². The Kier molecular flexibility index (Phi) is 9.13. The van der Waals surface area contributed by atoms with Gasteiger partial charge in [-0.05, 0) is 118 Å². The van der Waals surface area contributed by atoms with Crippen molar-refractivity contribution in [3.05, 3.63) is 90.5 Å². The van der Waals surface area contributed by atoms with E-state index in [0.717, 1.165) is 20.3 Å². The van der Waals surface area contributed by atoms with E-state index in [1.54, 1.807) is 12.1 Å². The molecule has 3 rings (SSSR count). The second-order valence-electron chi connectivity index (χ2n) is 7.62. The van der Waals surface area contributed by atoms with E-state index in [4.69, 9.17) is 9.47 Å². The van der Waals surface area contributed by atoms with Crippen molar-refractivity contribution in [1.29, 1.82) is 5.26 Å². The number of carbonyl (C=O) groups excluding carboxylic acids is 1. The molecule has 0 aliphatic heterocycles. The highest BCUT2D eigenvalue weighted by atomic mass is 127. The molecule has 174 valence electrons. The number of carbonyl (C=O) groups is 1. The van der Waals surface area contributed by atoms with Crippen molar-refractivity contribution < 1.29 is 14.3 Å². The highest BCUT2D eigenvalue weighted by Crippen LogP contribution is 2.38. The van der Waals surface area contributed by atoms with Crippen LogP contribution >= 0.6 is 38.5 Å². The second-order valence-corrected chi connectivity index (χ2v) is 9.72. The number of benzene rings is 3. The average Bonchev–Trinajstić information content (AvgIpc) is 2.80. The van der Waals surface area contributed by atoms with Crippen LogP contribution in [-0.4, -0.2) is 12.5 Å². The van der Waals surface area contributed by atoms with E-state index >= 15 is 0 Å². The lowest BCUT2D eigenvalue weighted by Crippen LogP contribution is -2.14. The molecule has 0 radical (unpaired) electrons. The average molecular weight is 631 g/mol. The fourth-order valence-corrected chi connectivity index (χ4v) is 4.12. The minimum atomic E-state index is -0.468. The Hall–Kier alpha value is -2.83. The zero-order chi connectivity index (χ0) is 24.7. The summed E-state index contributed by atoms with van der Waals surface area (Å²) in [5.74, 6) is 0.626. The first kappa shape index (κ1) is 25.8. The predicted octanol–water partition coefficient (Wildman–Crippen LogP) is 7.19. The fourth-order valence-electron chi connectivity index (χ4n) is 3.19. The largest absolute Gasteiger partial charge is 0.490 e. The molecular weight excluding hydrogens is 607 g/mol. The first-order valence-corrected chi connectivity index (χ1v) is 12.5. The van der Waals surface area contributed by atoms with Gasteiger partial charge in [-0.15, -0.1) is 0 Å². The minimum absolute atomic E-state index is 0.0113. The Morgan fingerprint density at radius 3 is 2.53 bits per heavy atom. The maximum absolute atomic E-state index is 12.8. The molecule has 0 unspecified atom stereocenters. The third-order valence-corrected chi connectivity index (χ3v) is 6.25. The van der Waals surface area contributed by atoms with Gasteiger partial charge in [-0.2, -0.15) is 5.26 Å². The van der Waals surface area contributed by atoms with Gasteiger partial charge in [-0.3, -0.25) is 4.79 Å². The Morgan fingerprint density at radius 2 is 1.85 bits per heavy atom. The van der Waals surface area contributed by atoms with Crippen molar-refractivity contribution in [2.75, 3.05) is 11.9 Å². The van der Waals surface area contributed by atoms with Crippen molar-refractivity contribution >= 4 is 56.2 Å². The van der Waals surface area contributed by atoms with Crippen molar-refractivity contribution in [3.63, 3.8) is 0 Å². The number of anilines is 1. The van der Waals surface area contributed by atoms with Gasteiger partial charge in [-0.1, -0.05) is 24.3 Å². The van der Waals surface area contributed by atoms with Crippen LogP contribution in [0.25, 0.3) is 6.08 Å². The Balaban J connectivity index is 1.85. The highest BCUT2D eigenvalue weighted by molar-refractivity contribution is 14.1. The van der Waals surface area contributed by atoms with Gasteiger partial charge in [0.25, 0.3) is 5.91 Å². The summed E-state index contributed by atoms with van der Waals surface area (Å²) in [7, 11) is 0. The fraction of sp³-hybridized carbons (Fsp3) is 0.185. The maximum Gasteiger partial charge on any atom is 0.266 e. The number of rotatable bonds is 8. The van der Waals surface area contributed by atoms with Gasteiger partial charge in [0.15, 0.2) is 11.5 Å². The molecule has 1 amide bonds. The molecule has 0 saturated heterocycles. The summed E-state index contributed by atoms with van der Waals surface area (Å²) in [5, 5.41) is 12.5. The quantitative estimate of drug-likeness (QED) is 0.162. The van der Waals surface area contributed by atoms with E-state index < -0.39 is 5.91 Å². The molecule has 3 aromatic rings. The summed E-state index contributed by atoms with van der Waals surface area (Å²) in [4.78, 5) is 12.8. The Morgan fingerprint density at radius 1 is 1.12 bits per heavy atom. The molecule has 0 aliphatic carbocycles. The predicted molar refractivity (Wildman–Crippen MR) is 147 cm³/mol. The number of nitriles is 1. The molecule has 7 heteroatoms. The molecular formula is C27H24BrIN2O3. The van der Waals surface area contributed by atoms with Crippen LogP contribution in [0.4, 0.5) is 5.69 Å². The van der Waals surface area contributed by atoms with E-state index in [9.17, 15) is 10.1 Å². The molecule has 5 nitrogen and oxygen atoms in total. The molecule has 0 saturated carbocycles. The van der Waals surface area contributed by atoms with Gasteiger partial charge < -0.3 is 14.8 Å². The highest BCUT2D eigenvalue weighted by Gasteiger charge is 2.15. The molecule has 0 aromatic heterocycles. The molecule has 0 bridgehead atoms. The molecule has 0 heterocycles. The number of ether oxygens (including phenoxy) is 2. The topological polar surface area (TPSA) is 71.3 Å². The van der Waals surface area contributed by atoms with Gasteiger partial charge in [-0.25, -0.2) is 0 Å². The molecule has 1 N–H and O–H groups in total. The van der Waals surface area contributed by atoms with Gasteiger partial charge >= 0.3 is 0 Å².